The fraction of sp³-hybridized carbons (Fsp3) is 0.615. The molecule has 0 unspecified atom stereocenters. The molecule has 0 radical (unpaired) electrons. The van der Waals surface area contributed by atoms with Crippen LogP contribution in [0.2, 0.25) is 0 Å². The van der Waals surface area contributed by atoms with Crippen LogP contribution in [-0.2, 0) is 20.8 Å². The highest BCUT2D eigenvalue weighted by molar-refractivity contribution is 6.00. The van der Waals surface area contributed by atoms with Crippen LogP contribution >= 0.6 is 0 Å². The Morgan fingerprint density at radius 3 is 1.78 bits per heavy atom. The van der Waals surface area contributed by atoms with Crippen LogP contribution in [-0.4, -0.2) is 59.5 Å². The van der Waals surface area contributed by atoms with Crippen LogP contribution in [0.4, 0.5) is 25.8 Å². The van der Waals surface area contributed by atoms with Crippen molar-refractivity contribution in [3.8, 4) is 0 Å². The number of nitrogens with zero attached hydrogens (tertiary/aromatic N) is 3. The van der Waals surface area contributed by atoms with Gasteiger partial charge in [-0.05, 0) is 93.0 Å². The van der Waals surface area contributed by atoms with E-state index in [9.17, 15) is 14.4 Å². The third kappa shape index (κ3) is 11.0. The quantitative estimate of drug-likeness (QED) is 0.293. The fourth-order valence-electron chi connectivity index (χ4n) is 3.05. The van der Waals surface area contributed by atoms with Crippen molar-refractivity contribution < 1.29 is 28.6 Å². The number of rotatable bonds is 5. The van der Waals surface area contributed by atoms with Crippen molar-refractivity contribution >= 4 is 35.6 Å². The van der Waals surface area contributed by atoms with Gasteiger partial charge in [0.25, 0.3) is 0 Å². The lowest BCUT2D eigenvalue weighted by Crippen LogP contribution is -2.43. The molecule has 1 aromatic carbocycles. The van der Waals surface area contributed by atoms with Crippen LogP contribution < -0.4 is 16.0 Å². The zero-order valence-electron chi connectivity index (χ0n) is 24.0. The molecule has 0 heterocycles. The lowest BCUT2D eigenvalue weighted by molar-refractivity contribution is -0.000249. The molecule has 208 valence electrons. The largest absolute Gasteiger partial charge is 0.443 e. The average Bonchev–Trinajstić information content (AvgIpc) is 2.68. The van der Waals surface area contributed by atoms with E-state index in [0.717, 1.165) is 4.90 Å². The number of guanidine groups is 1. The summed E-state index contributed by atoms with van der Waals surface area (Å²) in [6, 6.07) is 5.30. The summed E-state index contributed by atoms with van der Waals surface area (Å²) in [4.78, 5) is 44.5. The van der Waals surface area contributed by atoms with Crippen LogP contribution in [0.5, 0.6) is 0 Å². The highest BCUT2D eigenvalue weighted by atomic mass is 16.6. The number of aliphatic imine (C=N–C) groups is 1. The van der Waals surface area contributed by atoms with E-state index < -0.39 is 35.1 Å². The Morgan fingerprint density at radius 2 is 1.38 bits per heavy atom. The Kier molecular flexibility index (Phi) is 10.4. The summed E-state index contributed by atoms with van der Waals surface area (Å²) in [7, 11) is 1.72. The smallest absolute Gasteiger partial charge is 0.437 e. The molecule has 0 aliphatic heterocycles. The number of carbonyl (C=O) groups is 3. The molecule has 3 amide bonds. The molecule has 11 nitrogen and oxygen atoms in total. The molecule has 0 aliphatic rings. The number of anilines is 2. The maximum atomic E-state index is 13.0. The molecular weight excluding hydrogens is 478 g/mol. The SMILES string of the molecule is CCN(C(N)=NC(=O)OC(C)(C)C)c1ccc(NC)c(CN(C(=O)OC(C)(C)C)C(=O)OC(C)(C)C)c1. The molecule has 0 aliphatic carbocycles. The van der Waals surface area contributed by atoms with Gasteiger partial charge in [0.2, 0.25) is 5.96 Å². The number of nitrogens with two attached hydrogens (primary N) is 1. The van der Waals surface area contributed by atoms with Crippen LogP contribution in [0, 0.1) is 0 Å². The highest BCUT2D eigenvalue weighted by Gasteiger charge is 2.32. The van der Waals surface area contributed by atoms with Gasteiger partial charge in [-0.3, -0.25) is 0 Å². The third-order valence-electron chi connectivity index (χ3n) is 4.42. The van der Waals surface area contributed by atoms with E-state index in [0.29, 0.717) is 23.5 Å². The molecule has 3 N–H and O–H groups in total. The monoisotopic (exact) mass is 521 g/mol. The number of ether oxygens (including phenoxy) is 3. The van der Waals surface area contributed by atoms with Gasteiger partial charge >= 0.3 is 18.3 Å². The third-order valence-corrected chi connectivity index (χ3v) is 4.42. The fourth-order valence-corrected chi connectivity index (χ4v) is 3.05. The molecule has 0 aromatic heterocycles. The summed E-state index contributed by atoms with van der Waals surface area (Å²) in [5, 5.41) is 3.06. The first-order chi connectivity index (χ1) is 16.8. The molecule has 37 heavy (non-hydrogen) atoms. The van der Waals surface area contributed by atoms with Crippen LogP contribution in [0.3, 0.4) is 0 Å². The summed E-state index contributed by atoms with van der Waals surface area (Å²) in [5.74, 6) is -0.0592. The van der Waals surface area contributed by atoms with Gasteiger partial charge in [0.1, 0.15) is 16.8 Å². The summed E-state index contributed by atoms with van der Waals surface area (Å²) in [6.07, 6.45) is -2.49. The van der Waals surface area contributed by atoms with Crippen molar-refractivity contribution in [3.63, 3.8) is 0 Å². The highest BCUT2D eigenvalue weighted by Crippen LogP contribution is 2.26. The molecule has 11 heteroatoms. The summed E-state index contributed by atoms with van der Waals surface area (Å²) in [6.45, 7) is 17.6. The van der Waals surface area contributed by atoms with Gasteiger partial charge in [0.15, 0.2) is 0 Å². The zero-order chi connectivity index (χ0) is 28.8. The summed E-state index contributed by atoms with van der Waals surface area (Å²) >= 11 is 0. The Morgan fingerprint density at radius 1 is 0.892 bits per heavy atom. The Labute approximate surface area is 220 Å². The Balaban J connectivity index is 3.44. The zero-order valence-corrected chi connectivity index (χ0v) is 24.0. The number of carbonyl (C=O) groups excluding carboxylic acids is 3. The summed E-state index contributed by atoms with van der Waals surface area (Å²) in [5.41, 5.74) is 5.62. The van der Waals surface area contributed by atoms with Crippen LogP contribution in [0.15, 0.2) is 23.2 Å². The average molecular weight is 522 g/mol. The van der Waals surface area contributed by atoms with Crippen molar-refractivity contribution in [2.24, 2.45) is 10.7 Å². The van der Waals surface area contributed by atoms with E-state index >= 15 is 0 Å². The van der Waals surface area contributed by atoms with E-state index in [4.69, 9.17) is 19.9 Å². The molecule has 1 rings (SSSR count). The van der Waals surface area contributed by atoms with Crippen molar-refractivity contribution in [2.45, 2.75) is 92.6 Å². The van der Waals surface area contributed by atoms with Gasteiger partial charge < -0.3 is 30.2 Å². The first kappa shape index (κ1) is 31.5. The lowest BCUT2D eigenvalue weighted by atomic mass is 10.1. The molecule has 0 bridgehead atoms. The van der Waals surface area contributed by atoms with Gasteiger partial charge in [-0.2, -0.15) is 0 Å². The number of hydrogen-bond donors (Lipinski definition) is 2. The van der Waals surface area contributed by atoms with Crippen LogP contribution in [0.1, 0.15) is 74.8 Å². The number of benzene rings is 1. The normalized spacial score (nSPS) is 12.5. The maximum absolute atomic E-state index is 13.0. The van der Waals surface area contributed by atoms with E-state index in [1.807, 2.05) is 6.92 Å². The molecule has 0 saturated heterocycles. The molecule has 1 aromatic rings. The van der Waals surface area contributed by atoms with Crippen molar-refractivity contribution in [2.75, 3.05) is 23.8 Å². The van der Waals surface area contributed by atoms with Crippen molar-refractivity contribution in [1.82, 2.24) is 4.90 Å². The first-order valence-corrected chi connectivity index (χ1v) is 12.1. The second-order valence-corrected chi connectivity index (χ2v) is 11.3. The van der Waals surface area contributed by atoms with Crippen LogP contribution in [0.25, 0.3) is 0 Å². The molecule has 0 fully saturated rings. The van der Waals surface area contributed by atoms with Crippen molar-refractivity contribution in [3.05, 3.63) is 23.8 Å². The predicted octanol–water partition coefficient (Wildman–Crippen LogP) is 5.48. The standard InChI is InChI=1S/C26H43N5O6/c1-12-30(20(27)29-21(32)35-24(2,3)4)18-13-14-19(28-11)17(15-18)16-31(22(33)36-25(5,6)7)23(34)37-26(8,9)10/h13-15,28H,12,16H2,1-11H3,(H2,27,29,32). The van der Waals surface area contributed by atoms with E-state index in [-0.39, 0.29) is 12.5 Å². The first-order valence-electron chi connectivity index (χ1n) is 12.1. The summed E-state index contributed by atoms with van der Waals surface area (Å²) < 4.78 is 16.2. The second kappa shape index (κ2) is 12.2. The Hall–Kier alpha value is -3.50. The van der Waals surface area contributed by atoms with Gasteiger partial charge in [-0.15, -0.1) is 4.99 Å². The van der Waals surface area contributed by atoms with Gasteiger partial charge in [-0.1, -0.05) is 0 Å². The van der Waals surface area contributed by atoms with Gasteiger partial charge in [0, 0.05) is 25.0 Å². The number of hydrogen-bond acceptors (Lipinski definition) is 7. The second-order valence-electron chi connectivity index (χ2n) is 11.3. The van der Waals surface area contributed by atoms with Crippen molar-refractivity contribution in [1.29, 1.82) is 0 Å². The van der Waals surface area contributed by atoms with Gasteiger partial charge in [0.05, 0.1) is 6.54 Å². The Bertz CT molecular complexity index is 974. The minimum absolute atomic E-state index is 0.0592. The molecule has 0 spiro atoms. The van der Waals surface area contributed by atoms with Gasteiger partial charge in [-0.25, -0.2) is 19.3 Å². The topological polar surface area (TPSA) is 136 Å². The van der Waals surface area contributed by atoms with E-state index in [1.54, 1.807) is 92.5 Å². The molecular formula is C26H43N5O6. The minimum Gasteiger partial charge on any atom is -0.443 e. The molecule has 0 saturated carbocycles. The minimum atomic E-state index is -0.840. The lowest BCUT2D eigenvalue weighted by Gasteiger charge is -2.29. The van der Waals surface area contributed by atoms with E-state index in [2.05, 4.69) is 10.3 Å². The van der Waals surface area contributed by atoms with E-state index in [1.165, 1.54) is 0 Å². The predicted molar refractivity (Wildman–Crippen MR) is 145 cm³/mol. The number of amides is 3. The number of imide groups is 1. The maximum Gasteiger partial charge on any atom is 0.437 e. The number of nitrogens with one attached hydrogen (secondary N) is 1. The molecule has 0 atom stereocenters.